The van der Waals surface area contributed by atoms with Gasteiger partial charge in [0.2, 0.25) is 0 Å². The van der Waals surface area contributed by atoms with Crippen LogP contribution in [0.1, 0.15) is 90.2 Å². The first kappa shape index (κ1) is 28.9. The highest BCUT2D eigenvalue weighted by Gasteiger charge is 2.63. The van der Waals surface area contributed by atoms with Gasteiger partial charge in [-0.15, -0.1) is 11.3 Å². The van der Waals surface area contributed by atoms with Gasteiger partial charge in [-0.25, -0.2) is 4.79 Å². The van der Waals surface area contributed by atoms with Crippen molar-refractivity contribution >= 4 is 23.2 Å². The highest BCUT2D eigenvalue weighted by Crippen LogP contribution is 2.61. The van der Waals surface area contributed by atoms with Gasteiger partial charge in [0, 0.05) is 28.0 Å². The van der Waals surface area contributed by atoms with E-state index in [1.807, 2.05) is 41.3 Å². The smallest absolute Gasteiger partial charge is 0.410 e. The summed E-state index contributed by atoms with van der Waals surface area (Å²) < 4.78 is 6.45. The van der Waals surface area contributed by atoms with Crippen molar-refractivity contribution in [1.82, 2.24) is 4.90 Å². The van der Waals surface area contributed by atoms with Crippen LogP contribution >= 0.6 is 11.3 Å². The molecule has 220 valence electrons. The number of rotatable bonds is 5. The van der Waals surface area contributed by atoms with Gasteiger partial charge >= 0.3 is 6.09 Å². The molecule has 2 fully saturated rings. The topological polar surface area (TPSA) is 66.8 Å². The Morgan fingerprint density at radius 2 is 1.93 bits per heavy atom. The Morgan fingerprint density at radius 1 is 1.10 bits per heavy atom. The molecule has 3 aromatic rings. The van der Waals surface area contributed by atoms with Crippen molar-refractivity contribution in [1.29, 1.82) is 0 Å². The lowest BCUT2D eigenvalue weighted by molar-refractivity contribution is -0.0372. The number of ketones is 1. The molecular formula is C36H41NO4S. The number of aliphatic hydroxyl groups is 1. The second-order valence-electron chi connectivity index (χ2n) is 12.7. The minimum Gasteiger partial charge on any atom is -0.440 e. The molecular weight excluding hydrogens is 542 g/mol. The molecule has 1 aliphatic heterocycles. The Labute approximate surface area is 253 Å². The van der Waals surface area contributed by atoms with Crippen LogP contribution in [-0.4, -0.2) is 46.7 Å². The normalized spacial score (nSPS) is 27.9. The molecule has 2 bridgehead atoms. The van der Waals surface area contributed by atoms with Crippen molar-refractivity contribution in [3.63, 3.8) is 0 Å². The van der Waals surface area contributed by atoms with E-state index in [0.29, 0.717) is 37.1 Å². The molecule has 6 heteroatoms. The van der Waals surface area contributed by atoms with Crippen molar-refractivity contribution in [2.75, 3.05) is 13.1 Å². The second-order valence-corrected chi connectivity index (χ2v) is 13.8. The molecule has 1 amide bonds. The molecule has 1 N–H and O–H groups in total. The average molecular weight is 584 g/mol. The Bertz CT molecular complexity index is 1460. The fourth-order valence-corrected chi connectivity index (χ4v) is 8.30. The quantitative estimate of drug-likeness (QED) is 0.247. The number of allylic oxidation sites excluding steroid dienone is 2. The van der Waals surface area contributed by atoms with E-state index >= 15 is 0 Å². The van der Waals surface area contributed by atoms with Crippen molar-refractivity contribution in [2.24, 2.45) is 5.41 Å². The Balaban J connectivity index is 1.40. The van der Waals surface area contributed by atoms with Gasteiger partial charge in [0.15, 0.2) is 5.78 Å². The van der Waals surface area contributed by atoms with Crippen LogP contribution in [-0.2, 0) is 17.6 Å². The van der Waals surface area contributed by atoms with E-state index in [1.54, 1.807) is 11.3 Å². The first-order valence-corrected chi connectivity index (χ1v) is 16.2. The minimum absolute atomic E-state index is 0.00839. The number of carbonyl (C=O) groups is 2. The monoisotopic (exact) mass is 583 g/mol. The molecule has 4 aliphatic rings. The molecule has 5 nitrogen and oxygen atoms in total. The molecule has 7 rings (SSSR count). The lowest BCUT2D eigenvalue weighted by Gasteiger charge is -2.43. The van der Waals surface area contributed by atoms with Gasteiger partial charge in [-0.05, 0) is 92.8 Å². The summed E-state index contributed by atoms with van der Waals surface area (Å²) in [6.45, 7) is 5.67. The molecule has 4 unspecified atom stereocenters. The third-order valence-corrected chi connectivity index (χ3v) is 11.1. The second kappa shape index (κ2) is 11.8. The summed E-state index contributed by atoms with van der Waals surface area (Å²) in [5, 5.41) is 12.9. The Hall–Kier alpha value is -3.22. The summed E-state index contributed by atoms with van der Waals surface area (Å²) in [5.41, 5.74) is 3.71. The predicted octanol–water partition coefficient (Wildman–Crippen LogP) is 7.72. The molecule has 1 spiro atoms. The third-order valence-electron chi connectivity index (χ3n) is 10.1. The summed E-state index contributed by atoms with van der Waals surface area (Å²) in [7, 11) is 0. The minimum atomic E-state index is -0.606. The maximum Gasteiger partial charge on any atom is 0.410 e. The van der Waals surface area contributed by atoms with Crippen LogP contribution in [0.25, 0.3) is 0 Å². The molecule has 1 saturated heterocycles. The zero-order valence-electron chi connectivity index (χ0n) is 24.7. The molecule has 2 aromatic carbocycles. The van der Waals surface area contributed by atoms with E-state index in [1.165, 1.54) is 10.5 Å². The van der Waals surface area contributed by atoms with Crippen LogP contribution in [0.5, 0.6) is 0 Å². The molecule has 1 aromatic heterocycles. The van der Waals surface area contributed by atoms with Gasteiger partial charge in [-0.1, -0.05) is 67.1 Å². The number of thiophene rings is 1. The number of benzene rings is 2. The summed E-state index contributed by atoms with van der Waals surface area (Å²) in [6, 6.07) is 19.9. The number of ether oxygens (including phenoxy) is 1. The maximum atomic E-state index is 14.1. The number of amides is 1. The largest absolute Gasteiger partial charge is 0.440 e. The summed E-state index contributed by atoms with van der Waals surface area (Å²) in [6.07, 6.45) is 7.84. The molecule has 0 radical (unpaired) electrons. The molecule has 4 atom stereocenters. The fraction of sp³-hybridized carbons (Fsp3) is 0.444. The van der Waals surface area contributed by atoms with Crippen molar-refractivity contribution in [3.05, 3.63) is 105 Å². The van der Waals surface area contributed by atoms with Gasteiger partial charge < -0.3 is 14.7 Å². The van der Waals surface area contributed by atoms with Gasteiger partial charge in [0.05, 0.1) is 12.6 Å². The Morgan fingerprint density at radius 3 is 2.71 bits per heavy atom. The highest BCUT2D eigenvalue weighted by atomic mass is 32.1. The number of fused-ring (bicyclic) bond motifs is 8. The van der Waals surface area contributed by atoms with Crippen LogP contribution in [0.2, 0.25) is 0 Å². The van der Waals surface area contributed by atoms with Crippen LogP contribution in [0, 0.1) is 5.41 Å². The van der Waals surface area contributed by atoms with Crippen LogP contribution in [0.15, 0.2) is 77.7 Å². The van der Waals surface area contributed by atoms with E-state index in [-0.39, 0.29) is 23.2 Å². The van der Waals surface area contributed by atoms with Crippen LogP contribution in [0.4, 0.5) is 4.79 Å². The van der Waals surface area contributed by atoms with E-state index < -0.39 is 11.7 Å². The van der Waals surface area contributed by atoms with Crippen molar-refractivity contribution in [3.8, 4) is 0 Å². The zero-order valence-corrected chi connectivity index (χ0v) is 25.5. The highest BCUT2D eigenvalue weighted by molar-refractivity contribution is 7.09. The standard InChI is InChI=1S/C36H41NO4S/c1-25-8-6-18-35(2)32(16-19-36(35)24-37(34(40)41-36)20-17-29-11-7-21-42-29)30-15-13-26(22-28(38)14-12-25)23-31(30)33(39)27-9-4-3-5-10-27/h3-5,7-11,13,15,21,23,28,32,38H,6,12,14,16-20,22,24H2,1-2H3. The van der Waals surface area contributed by atoms with Gasteiger partial charge in [0.1, 0.15) is 5.60 Å². The van der Waals surface area contributed by atoms with Crippen molar-refractivity contribution in [2.45, 2.75) is 82.8 Å². The summed E-state index contributed by atoms with van der Waals surface area (Å²) in [4.78, 5) is 30.6. The molecule has 42 heavy (non-hydrogen) atoms. The summed E-state index contributed by atoms with van der Waals surface area (Å²) in [5.74, 6) is 0.0647. The van der Waals surface area contributed by atoms with E-state index in [9.17, 15) is 14.7 Å². The summed E-state index contributed by atoms with van der Waals surface area (Å²) >= 11 is 1.72. The van der Waals surface area contributed by atoms with Gasteiger partial charge in [0.25, 0.3) is 0 Å². The molecule has 3 aliphatic carbocycles. The zero-order chi connectivity index (χ0) is 29.3. The van der Waals surface area contributed by atoms with E-state index in [0.717, 1.165) is 49.7 Å². The molecule has 1 saturated carbocycles. The first-order valence-electron chi connectivity index (χ1n) is 15.3. The number of aliphatic hydroxyl groups excluding tert-OH is 1. The predicted molar refractivity (Wildman–Crippen MR) is 167 cm³/mol. The SMILES string of the molecule is CC1=CCCC2(C)C(CCC23CN(CCc2cccs2)C(=O)O3)c2ccc(cc2C(=O)c2ccccc2)CC(O)CC1. The number of carbonyl (C=O) groups excluding carboxylic acids is 2. The van der Waals surface area contributed by atoms with Gasteiger partial charge in [-0.2, -0.15) is 0 Å². The van der Waals surface area contributed by atoms with Crippen molar-refractivity contribution < 1.29 is 19.4 Å². The number of hydrogen-bond donors (Lipinski definition) is 1. The third kappa shape index (κ3) is 5.47. The number of nitrogens with zero attached hydrogens (tertiary/aromatic N) is 1. The average Bonchev–Trinajstić information content (AvgIpc) is 3.69. The lowest BCUT2D eigenvalue weighted by atomic mass is 9.64. The molecule has 2 heterocycles. The first-order chi connectivity index (χ1) is 20.3. The van der Waals surface area contributed by atoms with E-state index in [2.05, 4.69) is 49.6 Å². The van der Waals surface area contributed by atoms with Crippen LogP contribution in [0.3, 0.4) is 0 Å². The van der Waals surface area contributed by atoms with Gasteiger partial charge in [-0.3, -0.25) is 4.79 Å². The fourth-order valence-electron chi connectivity index (χ4n) is 7.60. The number of hydrogen-bond acceptors (Lipinski definition) is 5. The van der Waals surface area contributed by atoms with E-state index in [4.69, 9.17) is 4.74 Å². The maximum absolute atomic E-state index is 14.1. The lowest BCUT2D eigenvalue weighted by Crippen LogP contribution is -2.48. The Kier molecular flexibility index (Phi) is 8.12. The van der Waals surface area contributed by atoms with Crippen LogP contribution < -0.4 is 0 Å².